The molecular formula is C15H24N2O2Si. The molecule has 0 radical (unpaired) electrons. The SMILES string of the molecule is CCCCC(CC)COc1ccccc1C(=O)N=N[SiH3]. The number of ether oxygens (including phenoxy) is 1. The van der Waals surface area contributed by atoms with Crippen LogP contribution in [0.4, 0.5) is 0 Å². The van der Waals surface area contributed by atoms with Gasteiger partial charge in [0.05, 0.1) is 12.2 Å². The average molecular weight is 292 g/mol. The van der Waals surface area contributed by atoms with Crippen molar-refractivity contribution >= 4 is 16.3 Å². The van der Waals surface area contributed by atoms with Gasteiger partial charge in [-0.15, -0.1) is 5.11 Å². The molecule has 1 atom stereocenters. The first-order chi connectivity index (χ1) is 9.72. The van der Waals surface area contributed by atoms with Crippen LogP contribution in [-0.4, -0.2) is 22.9 Å². The lowest BCUT2D eigenvalue weighted by Gasteiger charge is -2.16. The van der Waals surface area contributed by atoms with Crippen molar-refractivity contribution in [1.29, 1.82) is 0 Å². The highest BCUT2D eigenvalue weighted by Crippen LogP contribution is 2.21. The topological polar surface area (TPSA) is 51.0 Å². The van der Waals surface area contributed by atoms with Gasteiger partial charge in [-0.05, 0) is 24.5 Å². The molecule has 0 aliphatic heterocycles. The van der Waals surface area contributed by atoms with Crippen molar-refractivity contribution in [3.05, 3.63) is 29.8 Å². The van der Waals surface area contributed by atoms with Gasteiger partial charge in [0.15, 0.2) is 10.4 Å². The smallest absolute Gasteiger partial charge is 0.297 e. The van der Waals surface area contributed by atoms with Gasteiger partial charge >= 0.3 is 0 Å². The molecule has 5 heteroatoms. The molecule has 4 nitrogen and oxygen atoms in total. The van der Waals surface area contributed by atoms with Crippen LogP contribution in [-0.2, 0) is 0 Å². The normalized spacial score (nSPS) is 12.7. The van der Waals surface area contributed by atoms with E-state index in [1.165, 1.54) is 19.3 Å². The van der Waals surface area contributed by atoms with Gasteiger partial charge in [0.2, 0.25) is 0 Å². The van der Waals surface area contributed by atoms with Crippen LogP contribution in [0, 0.1) is 5.92 Å². The van der Waals surface area contributed by atoms with Crippen molar-refractivity contribution in [2.75, 3.05) is 6.61 Å². The van der Waals surface area contributed by atoms with E-state index in [9.17, 15) is 4.79 Å². The highest BCUT2D eigenvalue weighted by molar-refractivity contribution is 6.06. The first-order valence-electron chi connectivity index (χ1n) is 7.28. The van der Waals surface area contributed by atoms with Crippen molar-refractivity contribution in [2.45, 2.75) is 39.5 Å². The Balaban J connectivity index is 2.69. The molecule has 0 fully saturated rings. The number of unbranched alkanes of at least 4 members (excludes halogenated alkanes) is 1. The summed E-state index contributed by atoms with van der Waals surface area (Å²) >= 11 is 0. The Morgan fingerprint density at radius 1 is 1.35 bits per heavy atom. The lowest BCUT2D eigenvalue weighted by molar-refractivity contribution is 0.0990. The lowest BCUT2D eigenvalue weighted by Crippen LogP contribution is -2.12. The number of rotatable bonds is 8. The lowest BCUT2D eigenvalue weighted by atomic mass is 10.0. The molecule has 1 rings (SSSR count). The number of carbonyl (C=O) groups excluding carboxylic acids is 1. The van der Waals surface area contributed by atoms with Crippen LogP contribution in [0.2, 0.25) is 0 Å². The van der Waals surface area contributed by atoms with E-state index in [1.54, 1.807) is 6.07 Å². The molecule has 0 aromatic heterocycles. The molecule has 0 heterocycles. The Morgan fingerprint density at radius 3 is 2.75 bits per heavy atom. The summed E-state index contributed by atoms with van der Waals surface area (Å²) in [6.45, 7) is 5.02. The second-order valence-electron chi connectivity index (χ2n) is 4.83. The van der Waals surface area contributed by atoms with Crippen LogP contribution in [0.1, 0.15) is 49.9 Å². The van der Waals surface area contributed by atoms with E-state index < -0.39 is 0 Å². The van der Waals surface area contributed by atoms with Crippen LogP contribution < -0.4 is 4.74 Å². The highest BCUT2D eigenvalue weighted by Gasteiger charge is 2.13. The Morgan fingerprint density at radius 2 is 2.10 bits per heavy atom. The number of hydrogen-bond donors (Lipinski definition) is 0. The number of benzene rings is 1. The molecule has 20 heavy (non-hydrogen) atoms. The molecule has 0 bridgehead atoms. The predicted octanol–water partition coefficient (Wildman–Crippen LogP) is 3.15. The quantitative estimate of drug-likeness (QED) is 0.546. The Hall–Kier alpha value is -1.49. The number of nitrogens with zero attached hydrogens (tertiary/aromatic N) is 2. The van der Waals surface area contributed by atoms with E-state index in [0.717, 1.165) is 6.42 Å². The first kappa shape index (κ1) is 16.6. The summed E-state index contributed by atoms with van der Waals surface area (Å²) in [6.07, 6.45) is 4.68. The summed E-state index contributed by atoms with van der Waals surface area (Å²) in [4.78, 5) is 11.8. The van der Waals surface area contributed by atoms with Gasteiger partial charge in [-0.25, -0.2) is 4.78 Å². The summed E-state index contributed by atoms with van der Waals surface area (Å²) in [5, 5.41) is 3.62. The van der Waals surface area contributed by atoms with E-state index in [4.69, 9.17) is 4.74 Å². The van der Waals surface area contributed by atoms with Crippen LogP contribution in [0.15, 0.2) is 34.2 Å². The maximum absolute atomic E-state index is 11.8. The molecular weight excluding hydrogens is 268 g/mol. The minimum atomic E-state index is -0.322. The van der Waals surface area contributed by atoms with E-state index in [2.05, 4.69) is 23.7 Å². The summed E-state index contributed by atoms with van der Waals surface area (Å²) < 4.78 is 9.51. The zero-order chi connectivity index (χ0) is 14.8. The fourth-order valence-corrected chi connectivity index (χ4v) is 2.20. The largest absolute Gasteiger partial charge is 0.492 e. The van der Waals surface area contributed by atoms with Gasteiger partial charge in [0.1, 0.15) is 5.75 Å². The molecule has 0 N–H and O–H groups in total. The molecule has 0 spiro atoms. The van der Waals surface area contributed by atoms with Crippen molar-refractivity contribution in [2.24, 2.45) is 15.8 Å². The van der Waals surface area contributed by atoms with Crippen LogP contribution in [0.25, 0.3) is 0 Å². The van der Waals surface area contributed by atoms with Crippen LogP contribution in [0.3, 0.4) is 0 Å². The number of para-hydroxylation sites is 1. The predicted molar refractivity (Wildman–Crippen MR) is 84.4 cm³/mol. The number of amides is 1. The third kappa shape index (κ3) is 5.25. The first-order valence-corrected chi connectivity index (χ1v) is 8.18. The molecule has 1 unspecified atom stereocenters. The Kier molecular flexibility index (Phi) is 7.80. The fourth-order valence-electron chi connectivity index (χ4n) is 2.02. The van der Waals surface area contributed by atoms with E-state index in [0.29, 0.717) is 34.2 Å². The average Bonchev–Trinajstić information content (AvgIpc) is 2.48. The minimum absolute atomic E-state index is 0.322. The fraction of sp³-hybridized carbons (Fsp3) is 0.533. The zero-order valence-corrected chi connectivity index (χ0v) is 14.6. The molecule has 1 aromatic rings. The third-order valence-electron chi connectivity index (χ3n) is 3.33. The maximum Gasteiger partial charge on any atom is 0.297 e. The number of hydrogen-bond acceptors (Lipinski definition) is 3. The van der Waals surface area contributed by atoms with Gasteiger partial charge in [0, 0.05) is 0 Å². The van der Waals surface area contributed by atoms with Crippen molar-refractivity contribution in [1.82, 2.24) is 0 Å². The van der Waals surface area contributed by atoms with Crippen LogP contribution >= 0.6 is 0 Å². The second-order valence-corrected chi connectivity index (χ2v) is 5.23. The van der Waals surface area contributed by atoms with Crippen LogP contribution in [0.5, 0.6) is 5.75 Å². The van der Waals surface area contributed by atoms with E-state index in [-0.39, 0.29) is 5.91 Å². The molecule has 1 aromatic carbocycles. The molecule has 0 saturated heterocycles. The van der Waals surface area contributed by atoms with E-state index in [1.807, 2.05) is 18.2 Å². The van der Waals surface area contributed by atoms with Gasteiger partial charge < -0.3 is 4.74 Å². The molecule has 0 saturated carbocycles. The molecule has 0 aliphatic rings. The highest BCUT2D eigenvalue weighted by atomic mass is 28.2. The van der Waals surface area contributed by atoms with Crippen molar-refractivity contribution in [3.63, 3.8) is 0 Å². The third-order valence-corrected chi connectivity index (χ3v) is 3.53. The maximum atomic E-state index is 11.8. The van der Waals surface area contributed by atoms with Crippen molar-refractivity contribution < 1.29 is 9.53 Å². The number of carbonyl (C=O) groups is 1. The Bertz CT molecular complexity index is 449. The monoisotopic (exact) mass is 292 g/mol. The summed E-state index contributed by atoms with van der Waals surface area (Å²) in [6, 6.07) is 7.25. The zero-order valence-electron chi connectivity index (χ0n) is 12.6. The summed E-state index contributed by atoms with van der Waals surface area (Å²) in [5.74, 6) is 0.831. The second kappa shape index (κ2) is 9.42. The van der Waals surface area contributed by atoms with Gasteiger partial charge in [0.25, 0.3) is 5.91 Å². The standard InChI is InChI=1S/C15H24N2O2Si/c1-3-5-8-12(4-2)11-19-14-10-7-6-9-13(14)15(18)16-17-20/h6-7,9-10,12H,3-5,8,11H2,1-2,20H3. The van der Waals surface area contributed by atoms with Gasteiger partial charge in [-0.2, -0.15) is 0 Å². The summed E-state index contributed by atoms with van der Waals surface area (Å²) in [5.41, 5.74) is 0.498. The minimum Gasteiger partial charge on any atom is -0.492 e. The van der Waals surface area contributed by atoms with Crippen molar-refractivity contribution in [3.8, 4) is 5.75 Å². The molecule has 1 amide bonds. The van der Waals surface area contributed by atoms with Gasteiger partial charge in [-0.3, -0.25) is 4.79 Å². The van der Waals surface area contributed by atoms with E-state index >= 15 is 0 Å². The molecule has 110 valence electrons. The molecule has 0 aliphatic carbocycles. The Labute approximate surface area is 124 Å². The van der Waals surface area contributed by atoms with Gasteiger partial charge in [-0.1, -0.05) is 45.2 Å². The summed E-state index contributed by atoms with van der Waals surface area (Å²) in [7, 11) is 0.533.